The van der Waals surface area contributed by atoms with Gasteiger partial charge in [-0.25, -0.2) is 0 Å². The van der Waals surface area contributed by atoms with E-state index in [1.807, 2.05) is 0 Å². The van der Waals surface area contributed by atoms with Crippen molar-refractivity contribution in [3.8, 4) is 0 Å². The molecule has 0 saturated heterocycles. The Hall–Kier alpha value is -0.610. The predicted octanol–water partition coefficient (Wildman–Crippen LogP) is 0.353. The molecular weight excluding hydrogens is 180 g/mol. The Labute approximate surface area is 85.0 Å². The molecule has 0 bridgehead atoms. The molecule has 0 aliphatic heterocycles. The molecule has 81 valence electrons. The van der Waals surface area contributed by atoms with Crippen molar-refractivity contribution in [3.63, 3.8) is 0 Å². The number of hydrogen-bond acceptors (Lipinski definition) is 4. The van der Waals surface area contributed by atoms with Gasteiger partial charge in [0.05, 0.1) is 0 Å². The molecule has 0 amide bonds. The highest BCUT2D eigenvalue weighted by Gasteiger charge is 2.24. The number of esters is 1. The van der Waals surface area contributed by atoms with Gasteiger partial charge in [0.25, 0.3) is 0 Å². The highest BCUT2D eigenvalue weighted by atomic mass is 16.5. The molecule has 1 radical (unpaired) electrons. The molecular formula is C10H19N2O2. The van der Waals surface area contributed by atoms with Crippen LogP contribution in [0.5, 0.6) is 0 Å². The van der Waals surface area contributed by atoms with Gasteiger partial charge < -0.3 is 16.2 Å². The van der Waals surface area contributed by atoms with Crippen molar-refractivity contribution in [2.24, 2.45) is 11.5 Å². The number of hydrogen-bond donors (Lipinski definition) is 2. The number of nitrogens with two attached hydrogens (primary N) is 2. The SMILES string of the molecule is NCCCCC(N)C(=O)OC1C[CH]C1. The lowest BCUT2D eigenvalue weighted by Gasteiger charge is -2.26. The first-order valence-corrected chi connectivity index (χ1v) is 5.22. The van der Waals surface area contributed by atoms with Gasteiger partial charge in [-0.05, 0) is 38.6 Å². The number of ether oxygens (including phenoxy) is 1. The van der Waals surface area contributed by atoms with Gasteiger partial charge in [-0.15, -0.1) is 0 Å². The fourth-order valence-corrected chi connectivity index (χ4v) is 1.28. The predicted molar refractivity (Wildman–Crippen MR) is 54.3 cm³/mol. The van der Waals surface area contributed by atoms with Crippen molar-refractivity contribution in [2.45, 2.75) is 44.2 Å². The first-order valence-electron chi connectivity index (χ1n) is 5.22. The summed E-state index contributed by atoms with van der Waals surface area (Å²) < 4.78 is 5.15. The topological polar surface area (TPSA) is 78.3 Å². The van der Waals surface area contributed by atoms with E-state index in [9.17, 15) is 4.79 Å². The lowest BCUT2D eigenvalue weighted by molar-refractivity contribution is -0.152. The Morgan fingerprint density at radius 3 is 2.71 bits per heavy atom. The van der Waals surface area contributed by atoms with Gasteiger partial charge >= 0.3 is 5.97 Å². The van der Waals surface area contributed by atoms with Crippen LogP contribution in [0.3, 0.4) is 0 Å². The lowest BCUT2D eigenvalue weighted by atomic mass is 9.96. The van der Waals surface area contributed by atoms with Crippen molar-refractivity contribution in [2.75, 3.05) is 6.54 Å². The van der Waals surface area contributed by atoms with E-state index in [2.05, 4.69) is 6.42 Å². The van der Waals surface area contributed by atoms with E-state index in [-0.39, 0.29) is 12.1 Å². The zero-order valence-electron chi connectivity index (χ0n) is 8.45. The molecule has 4 heteroatoms. The van der Waals surface area contributed by atoms with Crippen LogP contribution in [-0.4, -0.2) is 24.7 Å². The molecule has 1 fully saturated rings. The summed E-state index contributed by atoms with van der Waals surface area (Å²) in [5.74, 6) is -0.264. The van der Waals surface area contributed by atoms with Crippen molar-refractivity contribution < 1.29 is 9.53 Å². The Morgan fingerprint density at radius 1 is 1.50 bits per heavy atom. The minimum atomic E-state index is -0.470. The monoisotopic (exact) mass is 199 g/mol. The van der Waals surface area contributed by atoms with Crippen LogP contribution in [0.15, 0.2) is 0 Å². The fraction of sp³-hybridized carbons (Fsp3) is 0.800. The molecule has 1 saturated carbocycles. The van der Waals surface area contributed by atoms with Gasteiger partial charge in [-0.1, -0.05) is 6.42 Å². The van der Waals surface area contributed by atoms with Gasteiger partial charge in [-0.3, -0.25) is 4.79 Å². The van der Waals surface area contributed by atoms with Gasteiger partial charge in [-0.2, -0.15) is 0 Å². The van der Waals surface area contributed by atoms with Gasteiger partial charge in [0.1, 0.15) is 12.1 Å². The maximum atomic E-state index is 11.3. The van der Waals surface area contributed by atoms with Crippen LogP contribution in [0.25, 0.3) is 0 Å². The second-order valence-corrected chi connectivity index (χ2v) is 3.71. The number of rotatable bonds is 6. The fourth-order valence-electron chi connectivity index (χ4n) is 1.28. The van der Waals surface area contributed by atoms with Crippen LogP contribution in [0.1, 0.15) is 32.1 Å². The third kappa shape index (κ3) is 3.64. The Kier molecular flexibility index (Phi) is 4.90. The van der Waals surface area contributed by atoms with E-state index < -0.39 is 6.04 Å². The first kappa shape index (κ1) is 11.5. The molecule has 14 heavy (non-hydrogen) atoms. The maximum absolute atomic E-state index is 11.3. The summed E-state index contributed by atoms with van der Waals surface area (Å²) in [6.45, 7) is 0.652. The van der Waals surface area contributed by atoms with Crippen LogP contribution < -0.4 is 11.5 Å². The summed E-state index contributed by atoms with van der Waals surface area (Å²) in [5.41, 5.74) is 11.0. The standard InChI is InChI=1S/C10H19N2O2/c11-7-2-1-6-9(12)10(13)14-8-4-3-5-8/h3,8-9H,1-2,4-7,11-12H2. The Morgan fingerprint density at radius 2 is 2.21 bits per heavy atom. The minimum absolute atomic E-state index is 0.0862. The zero-order chi connectivity index (χ0) is 10.4. The molecule has 0 aromatic carbocycles. The second-order valence-electron chi connectivity index (χ2n) is 3.71. The van der Waals surface area contributed by atoms with Crippen LogP contribution in [0.4, 0.5) is 0 Å². The number of carbonyl (C=O) groups excluding carboxylic acids is 1. The quantitative estimate of drug-likeness (QED) is 0.478. The molecule has 1 unspecified atom stereocenters. The maximum Gasteiger partial charge on any atom is 0.323 e. The molecule has 4 nitrogen and oxygen atoms in total. The average molecular weight is 199 g/mol. The van der Waals surface area contributed by atoms with Gasteiger partial charge in [0.15, 0.2) is 0 Å². The number of unbranched alkanes of at least 4 members (excludes halogenated alkanes) is 1. The van der Waals surface area contributed by atoms with E-state index in [1.165, 1.54) is 0 Å². The molecule has 4 N–H and O–H groups in total. The van der Waals surface area contributed by atoms with E-state index >= 15 is 0 Å². The van der Waals surface area contributed by atoms with Crippen LogP contribution in [0, 0.1) is 6.42 Å². The van der Waals surface area contributed by atoms with E-state index in [0.29, 0.717) is 13.0 Å². The zero-order valence-corrected chi connectivity index (χ0v) is 8.45. The largest absolute Gasteiger partial charge is 0.461 e. The summed E-state index contributed by atoms with van der Waals surface area (Å²) in [4.78, 5) is 11.3. The van der Waals surface area contributed by atoms with Gasteiger partial charge in [0.2, 0.25) is 0 Å². The third-order valence-corrected chi connectivity index (χ3v) is 2.41. The molecule has 0 heterocycles. The molecule has 0 spiro atoms. The van der Waals surface area contributed by atoms with E-state index in [1.54, 1.807) is 0 Å². The Balaban J connectivity index is 2.08. The average Bonchev–Trinajstić information content (AvgIpc) is 2.11. The molecule has 0 aromatic rings. The first-order chi connectivity index (χ1) is 6.74. The van der Waals surface area contributed by atoms with Crippen LogP contribution in [0.2, 0.25) is 0 Å². The van der Waals surface area contributed by atoms with Gasteiger partial charge in [0, 0.05) is 0 Å². The second kappa shape index (κ2) is 5.98. The summed E-state index contributed by atoms with van der Waals surface area (Å²) in [6.07, 6.45) is 6.41. The van der Waals surface area contributed by atoms with Crippen molar-refractivity contribution in [3.05, 3.63) is 6.42 Å². The molecule has 1 rings (SSSR count). The summed E-state index contributed by atoms with van der Waals surface area (Å²) >= 11 is 0. The summed E-state index contributed by atoms with van der Waals surface area (Å²) in [5, 5.41) is 0. The minimum Gasteiger partial charge on any atom is -0.461 e. The molecule has 1 atom stereocenters. The number of carbonyl (C=O) groups is 1. The molecule has 1 aliphatic rings. The van der Waals surface area contributed by atoms with Crippen molar-refractivity contribution in [1.29, 1.82) is 0 Å². The van der Waals surface area contributed by atoms with Crippen LogP contribution in [-0.2, 0) is 9.53 Å². The van der Waals surface area contributed by atoms with Crippen molar-refractivity contribution in [1.82, 2.24) is 0 Å². The lowest BCUT2D eigenvalue weighted by Crippen LogP contribution is -2.37. The van der Waals surface area contributed by atoms with E-state index in [0.717, 1.165) is 25.7 Å². The highest BCUT2D eigenvalue weighted by molar-refractivity contribution is 5.75. The normalized spacial score (nSPS) is 18.7. The van der Waals surface area contributed by atoms with Crippen molar-refractivity contribution >= 4 is 5.97 Å². The third-order valence-electron chi connectivity index (χ3n) is 2.41. The Bertz CT molecular complexity index is 181. The van der Waals surface area contributed by atoms with E-state index in [4.69, 9.17) is 16.2 Å². The summed E-state index contributed by atoms with van der Waals surface area (Å²) in [7, 11) is 0. The van der Waals surface area contributed by atoms with Crippen LogP contribution >= 0.6 is 0 Å². The molecule has 1 aliphatic carbocycles. The molecule has 0 aromatic heterocycles. The summed E-state index contributed by atoms with van der Waals surface area (Å²) in [6, 6.07) is -0.470. The highest BCUT2D eigenvalue weighted by Crippen LogP contribution is 2.21. The smallest absolute Gasteiger partial charge is 0.323 e.